The molecule has 2 rings (SSSR count). The van der Waals surface area contributed by atoms with E-state index in [0.717, 1.165) is 29.5 Å². The van der Waals surface area contributed by atoms with Crippen molar-refractivity contribution in [2.24, 2.45) is 0 Å². The van der Waals surface area contributed by atoms with Gasteiger partial charge in [0.1, 0.15) is 6.04 Å². The number of ether oxygens (including phenoxy) is 2. The molecular weight excluding hydrogens is 358 g/mol. The van der Waals surface area contributed by atoms with Crippen molar-refractivity contribution in [3.8, 4) is 0 Å². The molecule has 21 heavy (non-hydrogen) atoms. The maximum atomic E-state index is 12.2. The summed E-state index contributed by atoms with van der Waals surface area (Å²) in [5, 5.41) is 3.75. The van der Waals surface area contributed by atoms with Crippen LogP contribution in [0.2, 0.25) is 5.02 Å². The Bertz CT molecular complexity index is 492. The molecule has 1 aromatic rings. The van der Waals surface area contributed by atoms with E-state index >= 15 is 0 Å². The molecule has 1 heterocycles. The average Bonchev–Trinajstić information content (AvgIpc) is 2.94. The molecule has 1 aliphatic heterocycles. The zero-order chi connectivity index (χ0) is 15.2. The Balaban J connectivity index is 2.12. The van der Waals surface area contributed by atoms with E-state index in [1.54, 1.807) is 13.0 Å². The Morgan fingerprint density at radius 3 is 3.05 bits per heavy atom. The Hall–Kier alpha value is -0.620. The number of hydrogen-bond acceptors (Lipinski definition) is 4. The lowest BCUT2D eigenvalue weighted by molar-refractivity contribution is -0.146. The first-order valence-electron chi connectivity index (χ1n) is 7.08. The van der Waals surface area contributed by atoms with E-state index < -0.39 is 6.04 Å². The lowest BCUT2D eigenvalue weighted by Crippen LogP contribution is -2.35. The fraction of sp³-hybridized carbons (Fsp3) is 0.533. The van der Waals surface area contributed by atoms with E-state index in [0.29, 0.717) is 18.2 Å². The summed E-state index contributed by atoms with van der Waals surface area (Å²) in [5.74, 6) is -0.320. The van der Waals surface area contributed by atoms with Gasteiger partial charge in [0.2, 0.25) is 0 Å². The van der Waals surface area contributed by atoms with Crippen molar-refractivity contribution in [3.63, 3.8) is 0 Å². The molecular formula is C15H19BrClNO3. The summed E-state index contributed by atoms with van der Waals surface area (Å²) in [4.78, 5) is 12.2. The van der Waals surface area contributed by atoms with Gasteiger partial charge >= 0.3 is 5.97 Å². The van der Waals surface area contributed by atoms with Gasteiger partial charge in [-0.25, -0.2) is 4.79 Å². The second-order valence-electron chi connectivity index (χ2n) is 4.89. The molecule has 0 saturated carbocycles. The number of esters is 1. The molecule has 0 bridgehead atoms. The van der Waals surface area contributed by atoms with Crippen molar-refractivity contribution in [2.75, 3.05) is 19.8 Å². The number of hydrogen-bond donors (Lipinski definition) is 1. The lowest BCUT2D eigenvalue weighted by atomic mass is 10.1. The Labute approximate surface area is 138 Å². The highest BCUT2D eigenvalue weighted by molar-refractivity contribution is 9.10. The Morgan fingerprint density at radius 1 is 1.62 bits per heavy atom. The third kappa shape index (κ3) is 4.68. The van der Waals surface area contributed by atoms with E-state index in [9.17, 15) is 4.79 Å². The van der Waals surface area contributed by atoms with Crippen LogP contribution < -0.4 is 5.32 Å². The highest BCUT2D eigenvalue weighted by Gasteiger charge is 2.26. The van der Waals surface area contributed by atoms with Crippen molar-refractivity contribution in [2.45, 2.75) is 31.9 Å². The standard InChI is InChI=1S/C15H19BrClNO3/c1-2-20-15(19)14(18-9-11-4-3-7-21-11)12-6-5-10(16)8-13(12)17/h5-6,8,11,14,18H,2-4,7,9H2,1H3. The summed E-state index contributed by atoms with van der Waals surface area (Å²) in [6, 6.07) is 4.89. The first-order chi connectivity index (χ1) is 10.1. The van der Waals surface area contributed by atoms with E-state index in [1.165, 1.54) is 0 Å². The van der Waals surface area contributed by atoms with Crippen LogP contribution in [0.1, 0.15) is 31.4 Å². The first kappa shape index (κ1) is 16.7. The van der Waals surface area contributed by atoms with Crippen LogP contribution in [0.25, 0.3) is 0 Å². The third-order valence-electron chi connectivity index (χ3n) is 3.37. The fourth-order valence-corrected chi connectivity index (χ4v) is 3.12. The lowest BCUT2D eigenvalue weighted by Gasteiger charge is -2.20. The van der Waals surface area contributed by atoms with Crippen LogP contribution in [0.3, 0.4) is 0 Å². The van der Waals surface area contributed by atoms with Crippen molar-refractivity contribution in [3.05, 3.63) is 33.3 Å². The molecule has 116 valence electrons. The van der Waals surface area contributed by atoms with Crippen molar-refractivity contribution in [1.82, 2.24) is 5.32 Å². The highest BCUT2D eigenvalue weighted by Crippen LogP contribution is 2.27. The van der Waals surface area contributed by atoms with Gasteiger partial charge in [0.25, 0.3) is 0 Å². The van der Waals surface area contributed by atoms with Crippen LogP contribution in [0, 0.1) is 0 Å². The summed E-state index contributed by atoms with van der Waals surface area (Å²) in [6.45, 7) is 3.52. The van der Waals surface area contributed by atoms with Gasteiger partial charge in [0.05, 0.1) is 12.7 Å². The van der Waals surface area contributed by atoms with Gasteiger partial charge in [-0.15, -0.1) is 0 Å². The zero-order valence-corrected chi connectivity index (χ0v) is 14.2. The van der Waals surface area contributed by atoms with E-state index in [1.807, 2.05) is 12.1 Å². The summed E-state index contributed by atoms with van der Waals surface area (Å²) in [6.07, 6.45) is 2.22. The predicted molar refractivity (Wildman–Crippen MR) is 85.5 cm³/mol. The molecule has 1 aliphatic rings. The molecule has 1 saturated heterocycles. The van der Waals surface area contributed by atoms with E-state index in [-0.39, 0.29) is 12.1 Å². The molecule has 0 spiro atoms. The number of carbonyl (C=O) groups excluding carboxylic acids is 1. The van der Waals surface area contributed by atoms with E-state index in [2.05, 4.69) is 21.2 Å². The molecule has 0 amide bonds. The molecule has 4 nitrogen and oxygen atoms in total. The normalized spacial score (nSPS) is 19.5. The molecule has 2 unspecified atom stereocenters. The average molecular weight is 377 g/mol. The smallest absolute Gasteiger partial charge is 0.327 e. The van der Waals surface area contributed by atoms with E-state index in [4.69, 9.17) is 21.1 Å². The van der Waals surface area contributed by atoms with Gasteiger partial charge in [-0.05, 0) is 37.5 Å². The molecule has 0 radical (unpaired) electrons. The van der Waals surface area contributed by atoms with Gasteiger partial charge in [-0.2, -0.15) is 0 Å². The zero-order valence-electron chi connectivity index (χ0n) is 11.9. The summed E-state index contributed by atoms with van der Waals surface area (Å²) in [7, 11) is 0. The van der Waals surface area contributed by atoms with Crippen molar-refractivity contribution >= 4 is 33.5 Å². The van der Waals surface area contributed by atoms with Gasteiger partial charge in [0.15, 0.2) is 0 Å². The number of rotatable bonds is 6. The van der Waals surface area contributed by atoms with Gasteiger partial charge in [-0.1, -0.05) is 33.6 Å². The number of benzene rings is 1. The second-order valence-corrected chi connectivity index (χ2v) is 6.22. The molecule has 1 aromatic carbocycles. The monoisotopic (exact) mass is 375 g/mol. The molecule has 0 aromatic heterocycles. The molecule has 0 aliphatic carbocycles. The van der Waals surface area contributed by atoms with Gasteiger partial charge < -0.3 is 9.47 Å². The minimum absolute atomic E-state index is 0.149. The van der Waals surface area contributed by atoms with Gasteiger partial charge in [-0.3, -0.25) is 5.32 Å². The maximum absolute atomic E-state index is 12.2. The minimum atomic E-state index is -0.574. The maximum Gasteiger partial charge on any atom is 0.327 e. The first-order valence-corrected chi connectivity index (χ1v) is 8.25. The third-order valence-corrected chi connectivity index (χ3v) is 4.19. The predicted octanol–water partition coefficient (Wildman–Crippen LogP) is 3.48. The fourth-order valence-electron chi connectivity index (χ4n) is 2.34. The van der Waals surface area contributed by atoms with Crippen LogP contribution in [0.5, 0.6) is 0 Å². The number of carbonyl (C=O) groups is 1. The summed E-state index contributed by atoms with van der Waals surface area (Å²) >= 11 is 9.62. The summed E-state index contributed by atoms with van der Waals surface area (Å²) < 4.78 is 11.6. The van der Waals surface area contributed by atoms with Crippen LogP contribution in [0.4, 0.5) is 0 Å². The molecule has 6 heteroatoms. The van der Waals surface area contributed by atoms with Crippen LogP contribution in [0.15, 0.2) is 22.7 Å². The van der Waals surface area contributed by atoms with Crippen LogP contribution in [-0.2, 0) is 14.3 Å². The Morgan fingerprint density at radius 2 is 2.43 bits per heavy atom. The SMILES string of the molecule is CCOC(=O)C(NCC1CCCO1)c1ccc(Br)cc1Cl. The highest BCUT2D eigenvalue weighted by atomic mass is 79.9. The largest absolute Gasteiger partial charge is 0.465 e. The Kier molecular flexibility index (Phi) is 6.48. The molecule has 2 atom stereocenters. The van der Waals surface area contributed by atoms with Crippen LogP contribution in [-0.4, -0.2) is 31.8 Å². The van der Waals surface area contributed by atoms with Gasteiger partial charge in [0, 0.05) is 22.6 Å². The van der Waals surface area contributed by atoms with Crippen molar-refractivity contribution in [1.29, 1.82) is 0 Å². The molecule has 1 fully saturated rings. The minimum Gasteiger partial charge on any atom is -0.465 e. The summed E-state index contributed by atoms with van der Waals surface area (Å²) in [5.41, 5.74) is 0.719. The van der Waals surface area contributed by atoms with Crippen LogP contribution >= 0.6 is 27.5 Å². The quantitative estimate of drug-likeness (QED) is 0.772. The number of halogens is 2. The van der Waals surface area contributed by atoms with Crippen molar-refractivity contribution < 1.29 is 14.3 Å². The molecule has 1 N–H and O–H groups in total. The topological polar surface area (TPSA) is 47.6 Å². The second kappa shape index (κ2) is 8.13. The number of nitrogens with one attached hydrogen (secondary N) is 1.